The summed E-state index contributed by atoms with van der Waals surface area (Å²) >= 11 is 0. The molecule has 2 rings (SSSR count). The Hall–Kier alpha value is -1.60. The predicted octanol–water partition coefficient (Wildman–Crippen LogP) is 0.896. The van der Waals surface area contributed by atoms with Gasteiger partial charge in [-0.25, -0.2) is 4.98 Å². The van der Waals surface area contributed by atoms with Crippen molar-refractivity contribution in [3.63, 3.8) is 0 Å². The maximum absolute atomic E-state index is 12.6. The lowest BCUT2D eigenvalue weighted by Gasteiger charge is -2.30. The second-order valence-corrected chi connectivity index (χ2v) is 7.00. The molecule has 0 radical (unpaired) electrons. The Morgan fingerprint density at radius 1 is 1.42 bits per heavy atom. The molecule has 1 fully saturated rings. The van der Waals surface area contributed by atoms with Gasteiger partial charge in [-0.2, -0.15) is 0 Å². The van der Waals surface area contributed by atoms with Gasteiger partial charge in [-0.1, -0.05) is 13.8 Å². The molecule has 1 aliphatic rings. The van der Waals surface area contributed by atoms with Crippen LogP contribution in [0.3, 0.4) is 0 Å². The molecule has 0 unspecified atom stereocenters. The molecule has 1 aromatic heterocycles. The van der Waals surface area contributed by atoms with Crippen molar-refractivity contribution < 1.29 is 9.53 Å². The van der Waals surface area contributed by atoms with Crippen molar-refractivity contribution in [1.82, 2.24) is 20.2 Å². The van der Waals surface area contributed by atoms with Crippen LogP contribution in [0.2, 0.25) is 0 Å². The molecule has 1 aliphatic heterocycles. The number of imidazole rings is 1. The number of carbonyl (C=O) groups is 1. The highest BCUT2D eigenvalue weighted by molar-refractivity contribution is 5.82. The topological polar surface area (TPSA) is 71.4 Å². The lowest BCUT2D eigenvalue weighted by molar-refractivity contribution is -0.124. The largest absolute Gasteiger partial charge is 0.381 e. The number of ether oxygens (including phenoxy) is 1. The van der Waals surface area contributed by atoms with Gasteiger partial charge in [0.25, 0.3) is 0 Å². The molecule has 0 saturated carbocycles. The van der Waals surface area contributed by atoms with E-state index >= 15 is 0 Å². The zero-order valence-corrected chi connectivity index (χ0v) is 15.5. The van der Waals surface area contributed by atoms with Gasteiger partial charge >= 0.3 is 0 Å². The van der Waals surface area contributed by atoms with Gasteiger partial charge < -0.3 is 24.8 Å². The number of hydrogen-bond acceptors (Lipinski definition) is 5. The third-order valence-electron chi connectivity index (χ3n) is 4.49. The van der Waals surface area contributed by atoms with Crippen molar-refractivity contribution in [2.45, 2.75) is 45.3 Å². The summed E-state index contributed by atoms with van der Waals surface area (Å²) in [6, 6.07) is 0.170. The fourth-order valence-electron chi connectivity index (χ4n) is 2.99. The third-order valence-corrected chi connectivity index (χ3v) is 4.49. The predicted molar refractivity (Wildman–Crippen MR) is 95.0 cm³/mol. The van der Waals surface area contributed by atoms with Gasteiger partial charge in [0.1, 0.15) is 0 Å². The number of aromatic nitrogens is 2. The average Bonchev–Trinajstić information content (AvgIpc) is 2.92. The van der Waals surface area contributed by atoms with Gasteiger partial charge in [0.05, 0.1) is 24.5 Å². The summed E-state index contributed by atoms with van der Waals surface area (Å²) in [6.07, 6.45) is 3.74. The lowest BCUT2D eigenvalue weighted by Crippen LogP contribution is -2.52. The molecule has 1 amide bonds. The first-order valence-corrected chi connectivity index (χ1v) is 8.69. The molecule has 0 spiro atoms. The van der Waals surface area contributed by atoms with Gasteiger partial charge in [-0.15, -0.1) is 0 Å². The standard InChI is InChI=1S/C17H31N5O2/c1-12(2)15(20-13-6-8-24-9-7-13)16(23)18-10-14-11-19-17(21(3)4)22(14)5/h11-13,15,20H,6-10H2,1-5H3,(H,18,23)/t15-/m0/s1. The fraction of sp³-hybridized carbons (Fsp3) is 0.765. The van der Waals surface area contributed by atoms with E-state index in [1.165, 1.54) is 0 Å². The van der Waals surface area contributed by atoms with Crippen molar-refractivity contribution in [3.05, 3.63) is 11.9 Å². The molecule has 7 heteroatoms. The van der Waals surface area contributed by atoms with Crippen LogP contribution < -0.4 is 15.5 Å². The number of carbonyl (C=O) groups excluding carboxylic acids is 1. The molecule has 1 aromatic rings. The normalized spacial score (nSPS) is 17.1. The minimum Gasteiger partial charge on any atom is -0.381 e. The lowest BCUT2D eigenvalue weighted by atomic mass is 10.00. The van der Waals surface area contributed by atoms with Gasteiger partial charge in [-0.3, -0.25) is 4.79 Å². The molecule has 0 aromatic carbocycles. The quantitative estimate of drug-likeness (QED) is 0.773. The second-order valence-electron chi connectivity index (χ2n) is 7.00. The Balaban J connectivity index is 1.93. The molecule has 136 valence electrons. The smallest absolute Gasteiger partial charge is 0.237 e. The first-order chi connectivity index (χ1) is 11.4. The third kappa shape index (κ3) is 4.70. The number of nitrogens with one attached hydrogen (secondary N) is 2. The van der Waals surface area contributed by atoms with Gasteiger partial charge in [0.15, 0.2) is 0 Å². The first-order valence-electron chi connectivity index (χ1n) is 8.69. The monoisotopic (exact) mass is 337 g/mol. The van der Waals surface area contributed by atoms with Crippen LogP contribution in [0.4, 0.5) is 5.95 Å². The molecule has 0 bridgehead atoms. The maximum atomic E-state index is 12.6. The highest BCUT2D eigenvalue weighted by Crippen LogP contribution is 2.13. The molecule has 2 N–H and O–H groups in total. The van der Waals surface area contributed by atoms with Gasteiger partial charge in [0, 0.05) is 40.4 Å². The SMILES string of the molecule is CC(C)[C@H](NC1CCOCC1)C(=O)NCc1cnc(N(C)C)n1C. The van der Waals surface area contributed by atoms with Crippen LogP contribution in [0.25, 0.3) is 0 Å². The van der Waals surface area contributed by atoms with Crippen molar-refractivity contribution in [2.75, 3.05) is 32.2 Å². The minimum absolute atomic E-state index is 0.0455. The van der Waals surface area contributed by atoms with Crippen LogP contribution in [0.5, 0.6) is 0 Å². The van der Waals surface area contributed by atoms with Crippen molar-refractivity contribution in [1.29, 1.82) is 0 Å². The van der Waals surface area contributed by atoms with E-state index in [4.69, 9.17) is 4.74 Å². The molecule has 0 aliphatic carbocycles. The van der Waals surface area contributed by atoms with Crippen LogP contribution >= 0.6 is 0 Å². The number of anilines is 1. The zero-order valence-electron chi connectivity index (χ0n) is 15.5. The molecule has 1 atom stereocenters. The van der Waals surface area contributed by atoms with E-state index in [1.54, 1.807) is 0 Å². The summed E-state index contributed by atoms with van der Waals surface area (Å²) in [5.74, 6) is 1.15. The van der Waals surface area contributed by atoms with E-state index in [0.717, 1.165) is 37.7 Å². The maximum Gasteiger partial charge on any atom is 0.237 e. The van der Waals surface area contributed by atoms with Crippen molar-refractivity contribution in [2.24, 2.45) is 13.0 Å². The van der Waals surface area contributed by atoms with E-state index in [-0.39, 0.29) is 17.9 Å². The highest BCUT2D eigenvalue weighted by atomic mass is 16.5. The number of nitrogens with zero attached hydrogens (tertiary/aromatic N) is 3. The van der Waals surface area contributed by atoms with E-state index < -0.39 is 0 Å². The summed E-state index contributed by atoms with van der Waals surface area (Å²) in [5, 5.41) is 6.56. The number of hydrogen-bond donors (Lipinski definition) is 2. The number of amides is 1. The average molecular weight is 337 g/mol. The summed E-state index contributed by atoms with van der Waals surface area (Å²) in [7, 11) is 5.87. The summed E-state index contributed by atoms with van der Waals surface area (Å²) in [5.41, 5.74) is 0.987. The van der Waals surface area contributed by atoms with Gasteiger partial charge in [0.2, 0.25) is 11.9 Å². The molecule has 1 saturated heterocycles. The molecular weight excluding hydrogens is 306 g/mol. The molecule has 24 heavy (non-hydrogen) atoms. The Bertz CT molecular complexity index is 535. The van der Waals surface area contributed by atoms with Crippen LogP contribution in [0.15, 0.2) is 6.20 Å². The van der Waals surface area contributed by atoms with Crippen molar-refractivity contribution in [3.8, 4) is 0 Å². The Kier molecular flexibility index (Phi) is 6.62. The Morgan fingerprint density at radius 2 is 2.08 bits per heavy atom. The first kappa shape index (κ1) is 18.7. The van der Waals surface area contributed by atoms with E-state index in [0.29, 0.717) is 12.6 Å². The van der Waals surface area contributed by atoms with Crippen LogP contribution in [-0.4, -0.2) is 54.9 Å². The van der Waals surface area contributed by atoms with Gasteiger partial charge in [-0.05, 0) is 18.8 Å². The van der Waals surface area contributed by atoms with E-state index in [1.807, 2.05) is 36.8 Å². The van der Waals surface area contributed by atoms with E-state index in [9.17, 15) is 4.79 Å². The van der Waals surface area contributed by atoms with Crippen molar-refractivity contribution >= 4 is 11.9 Å². The molecular formula is C17H31N5O2. The Labute approximate surface area is 144 Å². The number of rotatable bonds is 7. The summed E-state index contributed by atoms with van der Waals surface area (Å²) in [6.45, 7) is 6.17. The van der Waals surface area contributed by atoms with Crippen LogP contribution in [-0.2, 0) is 23.1 Å². The highest BCUT2D eigenvalue weighted by Gasteiger charge is 2.26. The second kappa shape index (κ2) is 8.48. The fourth-order valence-corrected chi connectivity index (χ4v) is 2.99. The zero-order chi connectivity index (χ0) is 17.7. The molecule has 7 nitrogen and oxygen atoms in total. The molecule has 2 heterocycles. The van der Waals surface area contributed by atoms with Crippen LogP contribution in [0, 0.1) is 5.92 Å². The summed E-state index contributed by atoms with van der Waals surface area (Å²) < 4.78 is 7.38. The Morgan fingerprint density at radius 3 is 2.62 bits per heavy atom. The minimum atomic E-state index is -0.186. The summed E-state index contributed by atoms with van der Waals surface area (Å²) in [4.78, 5) is 19.0. The van der Waals surface area contributed by atoms with E-state index in [2.05, 4.69) is 29.5 Å². The van der Waals surface area contributed by atoms with Crippen LogP contribution in [0.1, 0.15) is 32.4 Å².